The number of morpholine rings is 1. The first-order chi connectivity index (χ1) is 18.7. The molecule has 0 amide bonds. The molecule has 4 aliphatic rings. The zero-order valence-electron chi connectivity index (χ0n) is 22.9. The van der Waals surface area contributed by atoms with Gasteiger partial charge in [0, 0.05) is 37.6 Å². The summed E-state index contributed by atoms with van der Waals surface area (Å²) < 4.78 is 51.2. The van der Waals surface area contributed by atoms with Crippen LogP contribution in [0, 0.1) is 17.8 Å². The maximum atomic E-state index is 14.3. The quantitative estimate of drug-likeness (QED) is 0.571. The number of nitrogens with one attached hydrogen (secondary N) is 2. The highest BCUT2D eigenvalue weighted by Crippen LogP contribution is 2.47. The van der Waals surface area contributed by atoms with Crippen LogP contribution in [0.2, 0.25) is 0 Å². The van der Waals surface area contributed by atoms with E-state index >= 15 is 0 Å². The van der Waals surface area contributed by atoms with E-state index in [1.807, 2.05) is 6.92 Å². The van der Waals surface area contributed by atoms with Crippen molar-refractivity contribution in [2.45, 2.75) is 82.8 Å². The maximum Gasteiger partial charge on any atom is 0.418 e. The Kier molecular flexibility index (Phi) is 7.56. The van der Waals surface area contributed by atoms with Gasteiger partial charge in [0.15, 0.2) is 0 Å². The number of alkyl halides is 3. The average Bonchev–Trinajstić information content (AvgIpc) is 3.44. The Morgan fingerprint density at radius 1 is 1.13 bits per heavy atom. The number of halogens is 3. The van der Waals surface area contributed by atoms with Crippen LogP contribution >= 0.6 is 0 Å². The molecule has 2 aliphatic carbocycles. The van der Waals surface area contributed by atoms with Crippen LogP contribution in [0.4, 0.5) is 13.2 Å². The van der Waals surface area contributed by atoms with Gasteiger partial charge >= 0.3 is 11.9 Å². The van der Waals surface area contributed by atoms with Crippen LogP contribution < -0.4 is 16.5 Å². The molecule has 2 saturated heterocycles. The largest absolute Gasteiger partial charge is 0.418 e. The van der Waals surface area contributed by atoms with Gasteiger partial charge in [0.2, 0.25) is 0 Å². The van der Waals surface area contributed by atoms with Crippen LogP contribution in [0.3, 0.4) is 0 Å². The van der Waals surface area contributed by atoms with E-state index in [2.05, 4.69) is 27.7 Å². The Morgan fingerprint density at radius 2 is 1.90 bits per heavy atom. The van der Waals surface area contributed by atoms with Gasteiger partial charge in [-0.15, -0.1) is 0 Å². The fourth-order valence-electron chi connectivity index (χ4n) is 7.47. The second kappa shape index (κ2) is 10.8. The van der Waals surface area contributed by atoms with Crippen LogP contribution in [0.5, 0.6) is 0 Å². The van der Waals surface area contributed by atoms with Gasteiger partial charge in [0.05, 0.1) is 37.1 Å². The number of rotatable bonds is 6. The summed E-state index contributed by atoms with van der Waals surface area (Å²) in [4.78, 5) is 18.1. The molecular weight excluding hydrogens is 509 g/mol. The van der Waals surface area contributed by atoms with E-state index in [9.17, 15) is 18.0 Å². The minimum absolute atomic E-state index is 0.0506. The van der Waals surface area contributed by atoms with Crippen molar-refractivity contribution in [3.05, 3.63) is 40.1 Å². The van der Waals surface area contributed by atoms with Crippen LogP contribution in [0.15, 0.2) is 23.3 Å². The van der Waals surface area contributed by atoms with E-state index in [0.717, 1.165) is 32.4 Å². The number of nitrogens with zero attached hydrogens (tertiary/aromatic N) is 4. The van der Waals surface area contributed by atoms with Crippen molar-refractivity contribution in [2.75, 3.05) is 33.5 Å². The van der Waals surface area contributed by atoms with Gasteiger partial charge in [-0.1, -0.05) is 25.7 Å². The Morgan fingerprint density at radius 3 is 2.56 bits per heavy atom. The molecule has 0 bridgehead atoms. The standard InChI is InChI=1S/C28H41F3N6O2/c1-18-16-39-10-9-35(18)13-19-11-23(28(29,30)31)24-15-36(27(38)37(24)14-19)22-8-4-7-21(12-22)25(20-5-3-6-20)26-33-32-17-34(26)2/h11,14-15,18,20-22,25-26,32-33H,3-10,12-13,16-17H2,1-2H3/t18-,21?,22?,25+,26?/m0/s1. The number of hydrogen-bond acceptors (Lipinski definition) is 6. The molecule has 2 aromatic heterocycles. The summed E-state index contributed by atoms with van der Waals surface area (Å²) >= 11 is 0. The lowest BCUT2D eigenvalue weighted by atomic mass is 9.65. The van der Waals surface area contributed by atoms with E-state index < -0.39 is 11.7 Å². The summed E-state index contributed by atoms with van der Waals surface area (Å²) in [5.41, 5.74) is 6.09. The molecule has 2 aromatic rings. The van der Waals surface area contributed by atoms with Crippen molar-refractivity contribution in [1.29, 1.82) is 0 Å². The molecule has 11 heteroatoms. The fourth-order valence-corrected chi connectivity index (χ4v) is 7.47. The fraction of sp³-hybridized carbons (Fsp3) is 0.750. The number of fused-ring (bicyclic) bond motifs is 1. The second-order valence-electron chi connectivity index (χ2n) is 12.3. The van der Waals surface area contributed by atoms with Gasteiger partial charge in [0.25, 0.3) is 0 Å². The Balaban J connectivity index is 1.31. The topological polar surface area (TPSA) is 66.2 Å². The van der Waals surface area contributed by atoms with Crippen molar-refractivity contribution in [3.8, 4) is 0 Å². The second-order valence-corrected chi connectivity index (χ2v) is 12.3. The molecule has 2 saturated carbocycles. The summed E-state index contributed by atoms with van der Waals surface area (Å²) in [5, 5.41) is 0. The highest BCUT2D eigenvalue weighted by molar-refractivity contribution is 5.56. The van der Waals surface area contributed by atoms with E-state index in [1.54, 1.807) is 10.8 Å². The number of imidazole rings is 1. The smallest absolute Gasteiger partial charge is 0.379 e. The number of hydrazine groups is 1. The number of ether oxygens (including phenoxy) is 1. The average molecular weight is 551 g/mol. The minimum Gasteiger partial charge on any atom is -0.379 e. The lowest BCUT2D eigenvalue weighted by molar-refractivity contribution is -0.136. The molecule has 0 spiro atoms. The summed E-state index contributed by atoms with van der Waals surface area (Å²) in [6, 6.07) is 1.24. The van der Waals surface area contributed by atoms with E-state index in [4.69, 9.17) is 4.74 Å². The van der Waals surface area contributed by atoms with Crippen molar-refractivity contribution in [1.82, 2.24) is 29.6 Å². The Bertz CT molecular complexity index is 1220. The Labute approximate surface area is 227 Å². The van der Waals surface area contributed by atoms with Crippen molar-refractivity contribution in [3.63, 3.8) is 0 Å². The molecule has 5 atom stereocenters. The number of pyridine rings is 1. The van der Waals surface area contributed by atoms with Crippen LogP contribution in [0.25, 0.3) is 5.52 Å². The molecule has 3 unspecified atom stereocenters. The summed E-state index contributed by atoms with van der Waals surface area (Å²) in [7, 11) is 2.13. The van der Waals surface area contributed by atoms with Crippen molar-refractivity contribution >= 4 is 5.52 Å². The van der Waals surface area contributed by atoms with Crippen LogP contribution in [-0.4, -0.2) is 64.5 Å². The third kappa shape index (κ3) is 5.28. The summed E-state index contributed by atoms with van der Waals surface area (Å²) in [6.45, 7) is 4.92. The molecule has 0 aromatic carbocycles. The van der Waals surface area contributed by atoms with Gasteiger partial charge in [-0.05, 0) is 62.6 Å². The highest BCUT2D eigenvalue weighted by Gasteiger charge is 2.44. The molecule has 2 aliphatic heterocycles. The van der Waals surface area contributed by atoms with Crippen molar-refractivity contribution in [2.24, 2.45) is 17.8 Å². The molecule has 216 valence electrons. The van der Waals surface area contributed by atoms with E-state index in [-0.39, 0.29) is 29.5 Å². The maximum absolute atomic E-state index is 14.3. The van der Waals surface area contributed by atoms with Gasteiger partial charge in [-0.2, -0.15) is 13.2 Å². The predicted molar refractivity (Wildman–Crippen MR) is 142 cm³/mol. The lowest BCUT2D eigenvalue weighted by Crippen LogP contribution is -2.50. The molecule has 6 rings (SSSR count). The molecule has 4 fully saturated rings. The predicted octanol–water partition coefficient (Wildman–Crippen LogP) is 3.81. The summed E-state index contributed by atoms with van der Waals surface area (Å²) in [6.07, 6.45) is 6.22. The third-order valence-electron chi connectivity index (χ3n) is 9.78. The van der Waals surface area contributed by atoms with Gasteiger partial charge in [-0.3, -0.25) is 18.8 Å². The monoisotopic (exact) mass is 550 g/mol. The van der Waals surface area contributed by atoms with Gasteiger partial charge in [-0.25, -0.2) is 15.6 Å². The van der Waals surface area contributed by atoms with Crippen LogP contribution in [-0.2, 0) is 17.5 Å². The molecule has 4 heterocycles. The third-order valence-corrected chi connectivity index (χ3v) is 9.78. The first-order valence-electron chi connectivity index (χ1n) is 14.5. The van der Waals surface area contributed by atoms with E-state index in [0.29, 0.717) is 49.6 Å². The highest BCUT2D eigenvalue weighted by atomic mass is 19.4. The van der Waals surface area contributed by atoms with E-state index in [1.165, 1.54) is 35.9 Å². The zero-order chi connectivity index (χ0) is 27.3. The lowest BCUT2D eigenvalue weighted by Gasteiger charge is -2.46. The number of aromatic nitrogens is 2. The Hall–Kier alpha value is -1.92. The number of hydrogen-bond donors (Lipinski definition) is 2. The van der Waals surface area contributed by atoms with Crippen LogP contribution in [0.1, 0.15) is 69.0 Å². The molecule has 8 nitrogen and oxygen atoms in total. The molecule has 2 N–H and O–H groups in total. The first kappa shape index (κ1) is 27.3. The minimum atomic E-state index is -4.55. The van der Waals surface area contributed by atoms with Gasteiger partial charge < -0.3 is 4.74 Å². The first-order valence-corrected chi connectivity index (χ1v) is 14.5. The SMILES string of the molecule is C[C@H]1COCCN1Cc1cc(C(F)(F)F)c2cn(C3CCCC([C@@H](C4CCC4)C4NNCN4C)C3)c(=O)n2c1. The molecule has 39 heavy (non-hydrogen) atoms. The molecule has 0 radical (unpaired) electrons. The zero-order valence-corrected chi connectivity index (χ0v) is 22.9. The van der Waals surface area contributed by atoms with Gasteiger partial charge in [0.1, 0.15) is 0 Å². The molecular formula is C28H41F3N6O2. The summed E-state index contributed by atoms with van der Waals surface area (Å²) in [5.74, 6) is 1.53. The normalized spacial score (nSPS) is 30.6. The van der Waals surface area contributed by atoms with Crippen molar-refractivity contribution < 1.29 is 17.9 Å².